The van der Waals surface area contributed by atoms with E-state index in [9.17, 15) is 23.4 Å². The second-order valence-electron chi connectivity index (χ2n) is 10.3. The molecule has 0 amide bonds. The molecule has 2 aromatic carbocycles. The zero-order valence-electron chi connectivity index (χ0n) is 21.4. The molecule has 4 rings (SSSR count). The summed E-state index contributed by atoms with van der Waals surface area (Å²) in [4.78, 5) is 7.26. The van der Waals surface area contributed by atoms with Crippen LogP contribution in [0.2, 0.25) is 5.04 Å². The Balaban J connectivity index is 1.53. The molecule has 0 bridgehead atoms. The second-order valence-corrected chi connectivity index (χ2v) is 14.6. The van der Waals surface area contributed by atoms with Crippen LogP contribution in [0.4, 0.5) is 19.1 Å². The highest BCUT2D eigenvalue weighted by Gasteiger charge is 2.51. The van der Waals surface area contributed by atoms with E-state index < -0.39 is 44.5 Å². The topological polar surface area (TPSA) is 96.7 Å². The number of nitrogens with zero attached hydrogens (tertiary/aromatic N) is 2. The highest BCUT2D eigenvalue weighted by molar-refractivity contribution is 6.99. The van der Waals surface area contributed by atoms with Gasteiger partial charge in [0.2, 0.25) is 5.95 Å². The molecular formula is C27H32F3N3O4Si. The first-order valence-corrected chi connectivity index (χ1v) is 14.2. The number of rotatable bonds is 7. The van der Waals surface area contributed by atoms with Gasteiger partial charge in [-0.25, -0.2) is 9.97 Å². The van der Waals surface area contributed by atoms with Crippen molar-refractivity contribution in [3.63, 3.8) is 0 Å². The summed E-state index contributed by atoms with van der Waals surface area (Å²) >= 11 is 0. The van der Waals surface area contributed by atoms with E-state index in [4.69, 9.17) is 9.16 Å². The van der Waals surface area contributed by atoms with Gasteiger partial charge in [-0.05, 0) is 21.5 Å². The maximum absolute atomic E-state index is 13.0. The Morgan fingerprint density at radius 1 is 0.947 bits per heavy atom. The minimum absolute atomic E-state index is 0.0122. The molecule has 2 heterocycles. The largest absolute Gasteiger partial charge is 0.433 e. The highest BCUT2D eigenvalue weighted by Crippen LogP contribution is 2.37. The maximum Gasteiger partial charge on any atom is 0.433 e. The smallest absolute Gasteiger partial charge is 0.405 e. The highest BCUT2D eigenvalue weighted by atomic mass is 28.4. The summed E-state index contributed by atoms with van der Waals surface area (Å²) in [5.41, 5.74) is -1.11. The van der Waals surface area contributed by atoms with Crippen LogP contribution >= 0.6 is 0 Å². The lowest BCUT2D eigenvalue weighted by Gasteiger charge is -2.45. The van der Waals surface area contributed by atoms with Crippen molar-refractivity contribution in [2.24, 2.45) is 0 Å². The molecule has 0 radical (unpaired) electrons. The lowest BCUT2D eigenvalue weighted by molar-refractivity contribution is -0.151. The van der Waals surface area contributed by atoms with Crippen LogP contribution in [-0.2, 0) is 15.3 Å². The molecule has 3 aromatic rings. The van der Waals surface area contributed by atoms with Gasteiger partial charge in [-0.1, -0.05) is 81.4 Å². The van der Waals surface area contributed by atoms with Gasteiger partial charge in [0.05, 0.1) is 19.3 Å². The minimum atomic E-state index is -4.63. The molecule has 1 fully saturated rings. The Morgan fingerprint density at radius 2 is 1.53 bits per heavy atom. The molecular weight excluding hydrogens is 515 g/mol. The number of aliphatic hydroxyl groups excluding tert-OH is 2. The molecule has 11 heteroatoms. The van der Waals surface area contributed by atoms with E-state index in [0.717, 1.165) is 22.6 Å². The van der Waals surface area contributed by atoms with Gasteiger partial charge >= 0.3 is 6.18 Å². The van der Waals surface area contributed by atoms with E-state index in [1.165, 1.54) is 0 Å². The van der Waals surface area contributed by atoms with Crippen LogP contribution in [-0.4, -0.2) is 66.1 Å². The van der Waals surface area contributed by atoms with E-state index in [2.05, 4.69) is 36.1 Å². The average Bonchev–Trinajstić information content (AvgIpc) is 2.88. The van der Waals surface area contributed by atoms with Gasteiger partial charge < -0.3 is 24.7 Å². The number of aliphatic hydroxyl groups is 2. The number of halogens is 3. The summed E-state index contributed by atoms with van der Waals surface area (Å²) in [5, 5.41) is 26.2. The van der Waals surface area contributed by atoms with Crippen molar-refractivity contribution in [3.05, 3.63) is 78.6 Å². The van der Waals surface area contributed by atoms with E-state index in [1.807, 2.05) is 60.7 Å². The van der Waals surface area contributed by atoms with Gasteiger partial charge in [0.25, 0.3) is 8.32 Å². The van der Waals surface area contributed by atoms with Gasteiger partial charge in [-0.2, -0.15) is 13.2 Å². The standard InChI is InChI=1S/C27H32F3N3O4Si/c1-26(2,3)38(18-10-6-4-7-11-18,19-12-8-5-9-13-19)37-17-21-24(35)23(34)20(16-36-21)32-25-31-15-14-22(33-25)27(28,29)30/h4-15,20-21,23-24,34-35H,16-17H2,1-3H3,(H,31,32,33)/t20?,21-,23?,24?/m0/s1. The Bertz CT molecular complexity index is 1160. The third kappa shape index (κ3) is 5.76. The van der Waals surface area contributed by atoms with Crippen molar-refractivity contribution >= 4 is 24.6 Å². The van der Waals surface area contributed by atoms with Gasteiger partial charge in [0.15, 0.2) is 0 Å². The molecule has 4 atom stereocenters. The fourth-order valence-electron chi connectivity index (χ4n) is 4.88. The van der Waals surface area contributed by atoms with Crippen molar-refractivity contribution in [1.29, 1.82) is 0 Å². The van der Waals surface area contributed by atoms with Crippen molar-refractivity contribution < 1.29 is 32.5 Å². The quantitative estimate of drug-likeness (QED) is 0.392. The lowest BCUT2D eigenvalue weighted by atomic mass is 9.98. The molecule has 7 nitrogen and oxygen atoms in total. The third-order valence-electron chi connectivity index (χ3n) is 6.77. The number of ether oxygens (including phenoxy) is 1. The first kappa shape index (κ1) is 28.2. The van der Waals surface area contributed by atoms with Crippen LogP contribution in [0.15, 0.2) is 72.9 Å². The predicted octanol–water partition coefficient (Wildman–Crippen LogP) is 2.97. The van der Waals surface area contributed by atoms with E-state index >= 15 is 0 Å². The summed E-state index contributed by atoms with van der Waals surface area (Å²) in [5.74, 6) is -0.318. The minimum Gasteiger partial charge on any atom is -0.405 e. The Labute approximate surface area is 220 Å². The first-order chi connectivity index (χ1) is 17.9. The molecule has 3 unspecified atom stereocenters. The molecule has 1 aromatic heterocycles. The number of anilines is 1. The average molecular weight is 548 g/mol. The van der Waals surface area contributed by atoms with Crippen molar-refractivity contribution in [3.8, 4) is 0 Å². The van der Waals surface area contributed by atoms with Crippen molar-refractivity contribution in [2.75, 3.05) is 18.5 Å². The van der Waals surface area contributed by atoms with Crippen molar-refractivity contribution in [1.82, 2.24) is 9.97 Å². The fraction of sp³-hybridized carbons (Fsp3) is 0.407. The normalized spacial score (nSPS) is 22.7. The molecule has 1 saturated heterocycles. The summed E-state index contributed by atoms with van der Waals surface area (Å²) < 4.78 is 51.7. The SMILES string of the molecule is CC(C)(C)[Si](OC[C@@H]1OCC(Nc2nccc(C(F)(F)F)n2)C(O)C1O)(c1ccccc1)c1ccccc1. The number of hydrogen-bond acceptors (Lipinski definition) is 7. The number of aromatic nitrogens is 2. The maximum atomic E-state index is 13.0. The molecule has 204 valence electrons. The monoisotopic (exact) mass is 547 g/mol. The fourth-order valence-corrected chi connectivity index (χ4v) is 9.45. The summed E-state index contributed by atoms with van der Waals surface area (Å²) in [6.45, 7) is 6.30. The van der Waals surface area contributed by atoms with Gasteiger partial charge in [-0.3, -0.25) is 0 Å². The van der Waals surface area contributed by atoms with E-state index in [0.29, 0.717) is 0 Å². The zero-order chi connectivity index (χ0) is 27.6. The Kier molecular flexibility index (Phi) is 8.24. The van der Waals surface area contributed by atoms with Gasteiger partial charge in [-0.15, -0.1) is 0 Å². The van der Waals surface area contributed by atoms with Gasteiger partial charge in [0.1, 0.15) is 24.0 Å². The molecule has 38 heavy (non-hydrogen) atoms. The molecule has 1 aliphatic rings. The Morgan fingerprint density at radius 3 is 2.05 bits per heavy atom. The van der Waals surface area contributed by atoms with Crippen LogP contribution in [0.3, 0.4) is 0 Å². The van der Waals surface area contributed by atoms with E-state index in [-0.39, 0.29) is 24.2 Å². The van der Waals surface area contributed by atoms with Crippen molar-refractivity contribution in [2.45, 2.75) is 56.3 Å². The number of nitrogens with one attached hydrogen (secondary N) is 1. The summed E-state index contributed by atoms with van der Waals surface area (Å²) in [6.07, 6.45) is -7.22. The first-order valence-electron chi connectivity index (χ1n) is 12.3. The Hall–Kier alpha value is -2.83. The van der Waals surface area contributed by atoms with Crippen LogP contribution in [0.5, 0.6) is 0 Å². The molecule has 1 aliphatic heterocycles. The molecule has 0 saturated carbocycles. The van der Waals surface area contributed by atoms with Crippen LogP contribution in [0.25, 0.3) is 0 Å². The summed E-state index contributed by atoms with van der Waals surface area (Å²) in [7, 11) is -2.90. The molecule has 0 aliphatic carbocycles. The van der Waals surface area contributed by atoms with Crippen LogP contribution in [0.1, 0.15) is 26.5 Å². The predicted molar refractivity (Wildman–Crippen MR) is 140 cm³/mol. The molecule has 0 spiro atoms. The van der Waals surface area contributed by atoms with E-state index in [1.54, 1.807) is 0 Å². The second kappa shape index (κ2) is 11.1. The van der Waals surface area contributed by atoms with Gasteiger partial charge in [0, 0.05) is 6.20 Å². The third-order valence-corrected chi connectivity index (χ3v) is 11.8. The summed E-state index contributed by atoms with van der Waals surface area (Å²) in [6, 6.07) is 19.8. The number of benzene rings is 2. The zero-order valence-corrected chi connectivity index (χ0v) is 22.4. The number of alkyl halides is 3. The van der Waals surface area contributed by atoms with Crippen LogP contribution < -0.4 is 15.7 Å². The lowest BCUT2D eigenvalue weighted by Crippen LogP contribution is -2.68. The number of hydrogen-bond donors (Lipinski definition) is 3. The van der Waals surface area contributed by atoms with Crippen LogP contribution in [0, 0.1) is 0 Å². The molecule has 3 N–H and O–H groups in total.